The molecule has 1 aliphatic rings. The highest BCUT2D eigenvalue weighted by Crippen LogP contribution is 2.30. The van der Waals surface area contributed by atoms with Gasteiger partial charge in [0.2, 0.25) is 5.95 Å². The zero-order chi connectivity index (χ0) is 22.0. The molecular weight excluding hydrogens is 416 g/mol. The van der Waals surface area contributed by atoms with E-state index in [0.29, 0.717) is 23.5 Å². The molecule has 0 amide bonds. The van der Waals surface area contributed by atoms with E-state index in [1.807, 2.05) is 16.7 Å². The summed E-state index contributed by atoms with van der Waals surface area (Å²) in [6, 6.07) is 7.71. The molecule has 3 heterocycles. The number of carbonyl (C=O) groups is 1. The molecule has 0 saturated carbocycles. The highest BCUT2D eigenvalue weighted by atomic mass is 32.2. The molecule has 2 unspecified atom stereocenters. The summed E-state index contributed by atoms with van der Waals surface area (Å²) in [5.41, 5.74) is 0.168. The second-order valence-electron chi connectivity index (χ2n) is 8.21. The van der Waals surface area contributed by atoms with Gasteiger partial charge in [0, 0.05) is 19.2 Å². The summed E-state index contributed by atoms with van der Waals surface area (Å²) < 4.78 is 7.52. The predicted molar refractivity (Wildman–Crippen MR) is 118 cm³/mol. The number of phenols is 2. The van der Waals surface area contributed by atoms with Gasteiger partial charge in [-0.15, -0.1) is 10.2 Å². The number of aromatic hydroxyl groups is 2. The lowest BCUT2D eigenvalue weighted by atomic mass is 9.92. The standard InChI is InChI=1S/C22H26N4O4S/c1-14-8-15(2)11-25(10-14)21-23-24-22(26(21)12-17-4-3-7-30-17)31-13-20(29)18-6-5-16(27)9-19(18)28/h3-7,9,14-15,27-28H,8,10-13H2,1-2H3. The minimum absolute atomic E-state index is 0.0848. The fraction of sp³-hybridized carbons (Fsp3) is 0.409. The highest BCUT2D eigenvalue weighted by Gasteiger charge is 2.27. The van der Waals surface area contributed by atoms with Crippen molar-refractivity contribution in [3.63, 3.8) is 0 Å². The van der Waals surface area contributed by atoms with Crippen LogP contribution in [0.15, 0.2) is 46.2 Å². The Kier molecular flexibility index (Phi) is 6.22. The summed E-state index contributed by atoms with van der Waals surface area (Å²) in [5, 5.41) is 28.8. The molecule has 164 valence electrons. The largest absolute Gasteiger partial charge is 0.508 e. The number of ketones is 1. The van der Waals surface area contributed by atoms with Crippen LogP contribution in [0.1, 0.15) is 36.4 Å². The van der Waals surface area contributed by atoms with Crippen LogP contribution in [0.5, 0.6) is 11.5 Å². The molecule has 0 bridgehead atoms. The predicted octanol–water partition coefficient (Wildman–Crippen LogP) is 3.79. The van der Waals surface area contributed by atoms with E-state index in [2.05, 4.69) is 28.9 Å². The zero-order valence-corrected chi connectivity index (χ0v) is 18.4. The van der Waals surface area contributed by atoms with E-state index in [9.17, 15) is 15.0 Å². The van der Waals surface area contributed by atoms with Gasteiger partial charge >= 0.3 is 0 Å². The number of nitrogens with zero attached hydrogens (tertiary/aromatic N) is 4. The Morgan fingerprint density at radius 2 is 1.97 bits per heavy atom. The number of rotatable bonds is 7. The van der Waals surface area contributed by atoms with Crippen LogP contribution in [0.3, 0.4) is 0 Å². The van der Waals surface area contributed by atoms with Crippen molar-refractivity contribution in [1.82, 2.24) is 14.8 Å². The van der Waals surface area contributed by atoms with Crippen LogP contribution in [0, 0.1) is 11.8 Å². The van der Waals surface area contributed by atoms with Crippen LogP contribution in [0.4, 0.5) is 5.95 Å². The lowest BCUT2D eigenvalue weighted by Crippen LogP contribution is -2.40. The van der Waals surface area contributed by atoms with Gasteiger partial charge in [-0.25, -0.2) is 0 Å². The van der Waals surface area contributed by atoms with Crippen LogP contribution >= 0.6 is 11.8 Å². The summed E-state index contributed by atoms with van der Waals surface area (Å²) >= 11 is 1.27. The van der Waals surface area contributed by atoms with Gasteiger partial charge in [0.25, 0.3) is 0 Å². The molecule has 3 aromatic rings. The normalized spacial score (nSPS) is 19.0. The zero-order valence-electron chi connectivity index (χ0n) is 17.6. The fourth-order valence-corrected chi connectivity index (χ4v) is 4.92. The Morgan fingerprint density at radius 1 is 1.19 bits per heavy atom. The first-order valence-electron chi connectivity index (χ1n) is 10.3. The van der Waals surface area contributed by atoms with Gasteiger partial charge in [-0.2, -0.15) is 0 Å². The van der Waals surface area contributed by atoms with Crippen LogP contribution < -0.4 is 4.90 Å². The fourth-order valence-electron chi connectivity index (χ4n) is 4.11. The van der Waals surface area contributed by atoms with Crippen LogP contribution in [-0.2, 0) is 6.54 Å². The SMILES string of the molecule is CC1CC(C)CN(c2nnc(SCC(=O)c3ccc(O)cc3O)n2Cc2ccco2)C1. The van der Waals surface area contributed by atoms with Gasteiger partial charge in [0.05, 0.1) is 24.1 Å². The molecule has 2 atom stereocenters. The van der Waals surface area contributed by atoms with Crippen molar-refractivity contribution in [1.29, 1.82) is 0 Å². The minimum atomic E-state index is -0.253. The third-order valence-corrected chi connectivity index (χ3v) is 6.32. The van der Waals surface area contributed by atoms with E-state index in [1.54, 1.807) is 6.26 Å². The molecule has 1 fully saturated rings. The summed E-state index contributed by atoms with van der Waals surface area (Å²) in [6.45, 7) is 6.77. The third kappa shape index (κ3) is 4.87. The number of anilines is 1. The van der Waals surface area contributed by atoms with Crippen molar-refractivity contribution >= 4 is 23.5 Å². The van der Waals surface area contributed by atoms with Gasteiger partial charge in [-0.05, 0) is 42.5 Å². The van der Waals surface area contributed by atoms with Crippen molar-refractivity contribution in [2.45, 2.75) is 32.0 Å². The number of Topliss-reactive ketones (excluding diaryl/α,β-unsaturated/α-hetero) is 1. The number of phenolic OH excluding ortho intramolecular Hbond substituents is 2. The van der Waals surface area contributed by atoms with Gasteiger partial charge in [0.15, 0.2) is 10.9 Å². The molecule has 0 spiro atoms. The monoisotopic (exact) mass is 442 g/mol. The van der Waals surface area contributed by atoms with Crippen molar-refractivity contribution in [2.24, 2.45) is 11.8 Å². The van der Waals surface area contributed by atoms with E-state index in [0.717, 1.165) is 30.9 Å². The molecule has 1 aromatic carbocycles. The number of hydrogen-bond acceptors (Lipinski definition) is 8. The number of carbonyl (C=O) groups excluding carboxylic acids is 1. The molecule has 4 rings (SSSR count). The second-order valence-corrected chi connectivity index (χ2v) is 9.15. The molecule has 31 heavy (non-hydrogen) atoms. The maximum atomic E-state index is 12.6. The topological polar surface area (TPSA) is 105 Å². The Labute approximate surface area is 184 Å². The first-order valence-corrected chi connectivity index (χ1v) is 11.3. The number of aromatic nitrogens is 3. The average Bonchev–Trinajstić information content (AvgIpc) is 3.36. The van der Waals surface area contributed by atoms with Crippen molar-refractivity contribution in [3.8, 4) is 11.5 Å². The number of furan rings is 1. The van der Waals surface area contributed by atoms with Crippen molar-refractivity contribution in [3.05, 3.63) is 47.9 Å². The van der Waals surface area contributed by atoms with Gasteiger partial charge in [-0.3, -0.25) is 9.36 Å². The third-order valence-electron chi connectivity index (χ3n) is 5.36. The summed E-state index contributed by atoms with van der Waals surface area (Å²) in [7, 11) is 0. The molecule has 8 nitrogen and oxygen atoms in total. The number of hydrogen-bond donors (Lipinski definition) is 2. The second kappa shape index (κ2) is 9.05. The quantitative estimate of drug-likeness (QED) is 0.421. The smallest absolute Gasteiger partial charge is 0.228 e. The maximum Gasteiger partial charge on any atom is 0.228 e. The summed E-state index contributed by atoms with van der Waals surface area (Å²) in [4.78, 5) is 14.9. The molecular formula is C22H26N4O4S. The Hall–Kier alpha value is -2.94. The van der Waals surface area contributed by atoms with Gasteiger partial charge < -0.3 is 19.5 Å². The van der Waals surface area contributed by atoms with E-state index in [1.165, 1.54) is 30.3 Å². The lowest BCUT2D eigenvalue weighted by Gasteiger charge is -2.35. The molecule has 0 radical (unpaired) electrons. The van der Waals surface area contributed by atoms with E-state index in [4.69, 9.17) is 4.42 Å². The first kappa shape index (κ1) is 21.3. The molecule has 9 heteroatoms. The van der Waals surface area contributed by atoms with Crippen molar-refractivity contribution < 1.29 is 19.4 Å². The van der Waals surface area contributed by atoms with Crippen LogP contribution in [0.25, 0.3) is 0 Å². The highest BCUT2D eigenvalue weighted by molar-refractivity contribution is 7.99. The van der Waals surface area contributed by atoms with E-state index < -0.39 is 0 Å². The van der Waals surface area contributed by atoms with E-state index >= 15 is 0 Å². The van der Waals surface area contributed by atoms with Crippen LogP contribution in [-0.4, -0.2) is 49.6 Å². The Morgan fingerprint density at radius 3 is 2.65 bits per heavy atom. The molecule has 1 saturated heterocycles. The molecule has 1 aliphatic heterocycles. The summed E-state index contributed by atoms with van der Waals surface area (Å²) in [6.07, 6.45) is 2.82. The molecule has 0 aliphatic carbocycles. The average molecular weight is 443 g/mol. The molecule has 2 N–H and O–H groups in total. The minimum Gasteiger partial charge on any atom is -0.508 e. The lowest BCUT2D eigenvalue weighted by molar-refractivity contribution is 0.102. The van der Waals surface area contributed by atoms with Gasteiger partial charge in [-0.1, -0.05) is 25.6 Å². The first-order chi connectivity index (χ1) is 14.9. The van der Waals surface area contributed by atoms with E-state index in [-0.39, 0.29) is 28.6 Å². The Bertz CT molecular complexity index is 1040. The maximum absolute atomic E-state index is 12.6. The number of thioether (sulfide) groups is 1. The van der Waals surface area contributed by atoms with Crippen molar-refractivity contribution in [2.75, 3.05) is 23.7 Å². The van der Waals surface area contributed by atoms with Gasteiger partial charge in [0.1, 0.15) is 17.3 Å². The Balaban J connectivity index is 1.56. The number of benzene rings is 1. The molecule has 2 aromatic heterocycles. The van der Waals surface area contributed by atoms with Crippen LogP contribution in [0.2, 0.25) is 0 Å². The number of piperidine rings is 1. The summed E-state index contributed by atoms with van der Waals surface area (Å²) in [5.74, 6) is 2.19.